The first kappa shape index (κ1) is 8.25. The topological polar surface area (TPSA) is 32.9 Å². The second-order valence-electron chi connectivity index (χ2n) is 2.59. The fourth-order valence-corrected chi connectivity index (χ4v) is 2.93. The molecular formula is C8H6INOS. The van der Waals surface area contributed by atoms with E-state index in [0.29, 0.717) is 0 Å². The number of fused-ring (bicyclic) bond motifs is 1. The summed E-state index contributed by atoms with van der Waals surface area (Å²) in [6.45, 7) is 1.96. The maximum absolute atomic E-state index is 11.4. The van der Waals surface area contributed by atoms with Crippen molar-refractivity contribution < 1.29 is 0 Å². The van der Waals surface area contributed by atoms with Crippen LogP contribution in [-0.2, 0) is 0 Å². The third-order valence-corrected chi connectivity index (χ3v) is 4.10. The summed E-state index contributed by atoms with van der Waals surface area (Å²) in [6, 6.07) is 0. The summed E-state index contributed by atoms with van der Waals surface area (Å²) in [5.74, 6) is 0. The number of pyridine rings is 1. The minimum Gasteiger partial charge on any atom is -0.327 e. The van der Waals surface area contributed by atoms with E-state index >= 15 is 0 Å². The van der Waals surface area contributed by atoms with E-state index in [1.54, 1.807) is 17.5 Å². The predicted octanol–water partition coefficient (Wildman–Crippen LogP) is 2.50. The minimum absolute atomic E-state index is 0.0177. The normalized spacial score (nSPS) is 10.8. The molecule has 0 spiro atoms. The number of rotatable bonds is 0. The zero-order valence-electron chi connectivity index (χ0n) is 6.35. The highest BCUT2D eigenvalue weighted by molar-refractivity contribution is 14.1. The van der Waals surface area contributed by atoms with Gasteiger partial charge < -0.3 is 4.98 Å². The van der Waals surface area contributed by atoms with Crippen LogP contribution < -0.4 is 5.56 Å². The Morgan fingerprint density at radius 3 is 3.00 bits per heavy atom. The van der Waals surface area contributed by atoms with E-state index in [2.05, 4.69) is 27.6 Å². The molecule has 12 heavy (non-hydrogen) atoms. The van der Waals surface area contributed by atoms with Crippen LogP contribution in [0.25, 0.3) is 10.1 Å². The van der Waals surface area contributed by atoms with E-state index in [4.69, 9.17) is 0 Å². The lowest BCUT2D eigenvalue weighted by molar-refractivity contribution is 1.26. The van der Waals surface area contributed by atoms with Crippen molar-refractivity contribution in [1.82, 2.24) is 4.98 Å². The molecule has 4 heteroatoms. The molecule has 0 aliphatic rings. The van der Waals surface area contributed by atoms with E-state index in [9.17, 15) is 4.79 Å². The van der Waals surface area contributed by atoms with Crippen molar-refractivity contribution in [1.29, 1.82) is 0 Å². The number of hydrogen-bond donors (Lipinski definition) is 1. The highest BCUT2D eigenvalue weighted by Crippen LogP contribution is 2.25. The molecule has 0 radical (unpaired) electrons. The molecule has 2 nitrogen and oxygen atoms in total. The Labute approximate surface area is 86.8 Å². The fourth-order valence-electron chi connectivity index (χ4n) is 1.17. The molecule has 0 bridgehead atoms. The number of hydrogen-bond acceptors (Lipinski definition) is 2. The van der Waals surface area contributed by atoms with Gasteiger partial charge in [-0.1, -0.05) is 0 Å². The molecule has 2 aromatic rings. The van der Waals surface area contributed by atoms with Crippen LogP contribution in [0.2, 0.25) is 0 Å². The molecular weight excluding hydrogens is 285 g/mol. The van der Waals surface area contributed by atoms with Crippen LogP contribution in [0.15, 0.2) is 16.4 Å². The maximum atomic E-state index is 11.4. The molecule has 0 saturated carbocycles. The van der Waals surface area contributed by atoms with Gasteiger partial charge in [-0.3, -0.25) is 4.79 Å². The van der Waals surface area contributed by atoms with Crippen LogP contribution in [0, 0.1) is 10.5 Å². The van der Waals surface area contributed by atoms with Crippen LogP contribution in [-0.4, -0.2) is 4.98 Å². The van der Waals surface area contributed by atoms with Crippen molar-refractivity contribution in [3.8, 4) is 0 Å². The highest BCUT2D eigenvalue weighted by Gasteiger charge is 2.06. The Hall–Kier alpha value is -0.360. The molecule has 1 N–H and O–H groups in total. The van der Waals surface area contributed by atoms with E-state index < -0.39 is 0 Å². The Morgan fingerprint density at radius 1 is 1.58 bits per heavy atom. The lowest BCUT2D eigenvalue weighted by Crippen LogP contribution is -2.05. The lowest BCUT2D eigenvalue weighted by atomic mass is 10.2. The molecule has 2 aromatic heterocycles. The van der Waals surface area contributed by atoms with Gasteiger partial charge in [0.2, 0.25) is 0 Å². The van der Waals surface area contributed by atoms with E-state index in [1.807, 2.05) is 12.3 Å². The fraction of sp³-hybridized carbons (Fsp3) is 0.125. The van der Waals surface area contributed by atoms with Gasteiger partial charge in [-0.2, -0.15) is 0 Å². The molecule has 0 aliphatic heterocycles. The van der Waals surface area contributed by atoms with Gasteiger partial charge >= 0.3 is 0 Å². The average molecular weight is 291 g/mol. The van der Waals surface area contributed by atoms with Crippen LogP contribution in [0.1, 0.15) is 5.56 Å². The zero-order valence-corrected chi connectivity index (χ0v) is 9.32. The van der Waals surface area contributed by atoms with Crippen molar-refractivity contribution in [2.45, 2.75) is 6.92 Å². The summed E-state index contributed by atoms with van der Waals surface area (Å²) in [4.78, 5) is 14.1. The summed E-state index contributed by atoms with van der Waals surface area (Å²) < 4.78 is 2.21. The first-order valence-corrected chi connectivity index (χ1v) is 5.41. The molecule has 0 unspecified atom stereocenters. The number of thiophene rings is 1. The van der Waals surface area contributed by atoms with E-state index in [-0.39, 0.29) is 5.56 Å². The number of halogens is 1. The largest absolute Gasteiger partial charge is 0.327 e. The average Bonchev–Trinajstić information content (AvgIpc) is 2.42. The molecule has 0 aromatic carbocycles. The summed E-state index contributed by atoms with van der Waals surface area (Å²) in [6.07, 6.45) is 1.75. The van der Waals surface area contributed by atoms with Crippen LogP contribution in [0.4, 0.5) is 0 Å². The lowest BCUT2D eigenvalue weighted by Gasteiger charge is -1.92. The molecule has 0 fully saturated rings. The second-order valence-corrected chi connectivity index (χ2v) is 4.63. The first-order valence-electron chi connectivity index (χ1n) is 3.45. The minimum atomic E-state index is 0.0177. The predicted molar refractivity (Wildman–Crippen MR) is 59.9 cm³/mol. The Bertz CT molecular complexity index is 485. The summed E-state index contributed by atoms with van der Waals surface area (Å²) in [5, 5.41) is 2.86. The Kier molecular flexibility index (Phi) is 1.96. The molecule has 0 saturated heterocycles. The van der Waals surface area contributed by atoms with Gasteiger partial charge in [-0.05, 0) is 40.5 Å². The number of aryl methyl sites for hydroxylation is 1. The summed E-state index contributed by atoms with van der Waals surface area (Å²) in [7, 11) is 0. The molecule has 0 aliphatic carbocycles. The smallest absolute Gasteiger partial charge is 0.257 e. The third-order valence-electron chi connectivity index (χ3n) is 1.75. The number of nitrogens with one attached hydrogen (secondary N) is 1. The number of aromatic nitrogens is 1. The van der Waals surface area contributed by atoms with Crippen LogP contribution in [0.5, 0.6) is 0 Å². The maximum Gasteiger partial charge on any atom is 0.257 e. The molecule has 0 amide bonds. The second kappa shape index (κ2) is 2.85. The van der Waals surface area contributed by atoms with Crippen molar-refractivity contribution >= 4 is 44.0 Å². The van der Waals surface area contributed by atoms with E-state index in [0.717, 1.165) is 19.2 Å². The Morgan fingerprint density at radius 2 is 2.33 bits per heavy atom. The third kappa shape index (κ3) is 1.09. The molecule has 62 valence electrons. The van der Waals surface area contributed by atoms with E-state index in [1.165, 1.54) is 0 Å². The monoisotopic (exact) mass is 291 g/mol. The quantitative estimate of drug-likeness (QED) is 0.743. The number of aromatic amines is 1. The molecule has 0 atom stereocenters. The summed E-state index contributed by atoms with van der Waals surface area (Å²) in [5.41, 5.74) is 1.08. The highest BCUT2D eigenvalue weighted by atomic mass is 127. The van der Waals surface area contributed by atoms with Gasteiger partial charge in [0.15, 0.2) is 0 Å². The van der Waals surface area contributed by atoms with Crippen molar-refractivity contribution in [3.63, 3.8) is 0 Å². The number of H-pyrrole nitrogens is 1. The standard InChI is InChI=1S/C8H6INOS/c1-4-3-12-7-5(9)2-10-8(11)6(4)7/h2-3H,1H3,(H,10,11). The van der Waals surface area contributed by atoms with Gasteiger partial charge in [0.1, 0.15) is 0 Å². The molecule has 2 rings (SSSR count). The summed E-state index contributed by atoms with van der Waals surface area (Å²) >= 11 is 3.86. The van der Waals surface area contributed by atoms with Gasteiger partial charge in [-0.25, -0.2) is 0 Å². The van der Waals surface area contributed by atoms with Gasteiger partial charge in [-0.15, -0.1) is 11.3 Å². The zero-order chi connectivity index (χ0) is 8.72. The SMILES string of the molecule is Cc1csc2c(I)c[nH]c(=O)c12. The van der Waals surface area contributed by atoms with Crippen LogP contribution in [0.3, 0.4) is 0 Å². The van der Waals surface area contributed by atoms with Crippen molar-refractivity contribution in [3.05, 3.63) is 31.1 Å². The van der Waals surface area contributed by atoms with Crippen molar-refractivity contribution in [2.24, 2.45) is 0 Å². The first-order chi connectivity index (χ1) is 5.70. The van der Waals surface area contributed by atoms with Gasteiger partial charge in [0.05, 0.1) is 10.1 Å². The Balaban J connectivity index is 3.09. The molecule has 2 heterocycles. The van der Waals surface area contributed by atoms with Crippen LogP contribution >= 0.6 is 33.9 Å². The van der Waals surface area contributed by atoms with Crippen molar-refractivity contribution in [2.75, 3.05) is 0 Å². The van der Waals surface area contributed by atoms with Gasteiger partial charge in [0.25, 0.3) is 5.56 Å². The van der Waals surface area contributed by atoms with Gasteiger partial charge in [0, 0.05) is 9.77 Å².